The van der Waals surface area contributed by atoms with Gasteiger partial charge in [0.25, 0.3) is 0 Å². The minimum atomic E-state index is 0.818. The number of hydrogen-bond donors (Lipinski definition) is 1. The van der Waals surface area contributed by atoms with Gasteiger partial charge in [0.05, 0.1) is 0 Å². The lowest BCUT2D eigenvalue weighted by molar-refractivity contribution is 0.285. The molecule has 0 aromatic carbocycles. The maximum atomic E-state index is 3.57. The number of hydrogen-bond acceptors (Lipinski definition) is 1. The van der Waals surface area contributed by atoms with Crippen LogP contribution in [0.3, 0.4) is 0 Å². The van der Waals surface area contributed by atoms with Gasteiger partial charge in [-0.25, -0.2) is 0 Å². The molecule has 1 aliphatic rings. The normalized spacial score (nSPS) is 34.2. The first-order valence-corrected chi connectivity index (χ1v) is 4.58. The first-order valence-electron chi connectivity index (χ1n) is 4.58. The van der Waals surface area contributed by atoms with Gasteiger partial charge in [0, 0.05) is 6.04 Å². The van der Waals surface area contributed by atoms with E-state index in [0.29, 0.717) is 0 Å². The van der Waals surface area contributed by atoms with Crippen molar-refractivity contribution in [2.75, 3.05) is 6.54 Å². The Kier molecular flexibility index (Phi) is 3.20. The first-order chi connectivity index (χ1) is 4.84. The van der Waals surface area contributed by atoms with Crippen molar-refractivity contribution < 1.29 is 0 Å². The highest BCUT2D eigenvalue weighted by Gasteiger charge is 2.18. The Morgan fingerprint density at radius 1 is 1.50 bits per heavy atom. The van der Waals surface area contributed by atoms with Crippen molar-refractivity contribution in [2.45, 2.75) is 45.6 Å². The summed E-state index contributed by atoms with van der Waals surface area (Å²) in [6, 6.07) is 0.818. The molecule has 0 aliphatic carbocycles. The molecule has 60 valence electrons. The number of rotatable bonds is 2. The fourth-order valence-corrected chi connectivity index (χ4v) is 1.81. The summed E-state index contributed by atoms with van der Waals surface area (Å²) in [5.41, 5.74) is 0. The summed E-state index contributed by atoms with van der Waals surface area (Å²) in [6.07, 6.45) is 5.49. The lowest BCUT2D eigenvalue weighted by Crippen LogP contribution is -2.39. The number of piperidine rings is 1. The zero-order valence-electron chi connectivity index (χ0n) is 7.19. The molecule has 0 radical (unpaired) electrons. The zero-order valence-corrected chi connectivity index (χ0v) is 7.19. The highest BCUT2D eigenvalue weighted by atomic mass is 14.9. The average molecular weight is 141 g/mol. The van der Waals surface area contributed by atoms with Crippen molar-refractivity contribution in [2.24, 2.45) is 5.92 Å². The molecule has 0 spiro atoms. The molecular formula is C9H19N. The molecule has 1 N–H and O–H groups in total. The van der Waals surface area contributed by atoms with Crippen LogP contribution in [0, 0.1) is 5.92 Å². The Balaban J connectivity index is 2.25. The Hall–Kier alpha value is -0.0400. The van der Waals surface area contributed by atoms with Gasteiger partial charge in [-0.05, 0) is 31.7 Å². The molecule has 1 nitrogen and oxygen atoms in total. The molecule has 1 saturated heterocycles. The van der Waals surface area contributed by atoms with E-state index in [-0.39, 0.29) is 0 Å². The van der Waals surface area contributed by atoms with E-state index in [1.165, 1.54) is 32.2 Å². The highest BCUT2D eigenvalue weighted by molar-refractivity contribution is 4.77. The standard InChI is InChI=1S/C9H19N/c1-3-5-9-8(2)6-4-7-10-9/h8-10H,3-7H2,1-2H3. The van der Waals surface area contributed by atoms with Crippen LogP contribution < -0.4 is 5.32 Å². The maximum absolute atomic E-state index is 3.57. The van der Waals surface area contributed by atoms with Gasteiger partial charge in [0.1, 0.15) is 0 Å². The van der Waals surface area contributed by atoms with E-state index in [1.807, 2.05) is 0 Å². The molecule has 1 rings (SSSR count). The molecule has 0 saturated carbocycles. The molecule has 0 amide bonds. The van der Waals surface area contributed by atoms with Crippen molar-refractivity contribution in [3.63, 3.8) is 0 Å². The molecule has 1 fully saturated rings. The molecule has 2 unspecified atom stereocenters. The second kappa shape index (κ2) is 3.97. The monoisotopic (exact) mass is 141 g/mol. The minimum Gasteiger partial charge on any atom is -0.314 e. The van der Waals surface area contributed by atoms with E-state index >= 15 is 0 Å². The van der Waals surface area contributed by atoms with Crippen molar-refractivity contribution in [3.8, 4) is 0 Å². The van der Waals surface area contributed by atoms with Gasteiger partial charge in [-0.15, -0.1) is 0 Å². The largest absolute Gasteiger partial charge is 0.314 e. The Morgan fingerprint density at radius 2 is 2.30 bits per heavy atom. The summed E-state index contributed by atoms with van der Waals surface area (Å²) in [4.78, 5) is 0. The Morgan fingerprint density at radius 3 is 2.90 bits per heavy atom. The summed E-state index contributed by atoms with van der Waals surface area (Å²) in [5.74, 6) is 0.911. The molecule has 1 heteroatoms. The molecule has 2 atom stereocenters. The summed E-state index contributed by atoms with van der Waals surface area (Å²) < 4.78 is 0. The quantitative estimate of drug-likeness (QED) is 0.621. The molecule has 0 bridgehead atoms. The van der Waals surface area contributed by atoms with E-state index in [2.05, 4.69) is 19.2 Å². The maximum Gasteiger partial charge on any atom is 0.00925 e. The van der Waals surface area contributed by atoms with Crippen molar-refractivity contribution in [3.05, 3.63) is 0 Å². The van der Waals surface area contributed by atoms with Crippen LogP contribution in [0.4, 0.5) is 0 Å². The van der Waals surface area contributed by atoms with Crippen LogP contribution in [0.2, 0.25) is 0 Å². The molecule has 0 aromatic heterocycles. The van der Waals surface area contributed by atoms with Gasteiger partial charge in [-0.1, -0.05) is 20.3 Å². The van der Waals surface area contributed by atoms with E-state index in [0.717, 1.165) is 12.0 Å². The molecular weight excluding hydrogens is 122 g/mol. The smallest absolute Gasteiger partial charge is 0.00925 e. The third-order valence-electron chi connectivity index (χ3n) is 2.53. The summed E-state index contributed by atoms with van der Waals surface area (Å²) in [5, 5.41) is 3.57. The van der Waals surface area contributed by atoms with Gasteiger partial charge in [-0.2, -0.15) is 0 Å². The van der Waals surface area contributed by atoms with Crippen LogP contribution >= 0.6 is 0 Å². The minimum absolute atomic E-state index is 0.818. The topological polar surface area (TPSA) is 12.0 Å². The predicted octanol–water partition coefficient (Wildman–Crippen LogP) is 2.17. The fraction of sp³-hybridized carbons (Fsp3) is 1.00. The number of nitrogens with one attached hydrogen (secondary N) is 1. The van der Waals surface area contributed by atoms with Crippen LogP contribution in [0.25, 0.3) is 0 Å². The summed E-state index contributed by atoms with van der Waals surface area (Å²) >= 11 is 0. The second-order valence-electron chi connectivity index (χ2n) is 3.47. The SMILES string of the molecule is CCCC1NCCCC1C. The van der Waals surface area contributed by atoms with E-state index in [4.69, 9.17) is 0 Å². The third-order valence-corrected chi connectivity index (χ3v) is 2.53. The predicted molar refractivity (Wildman–Crippen MR) is 45.1 cm³/mol. The summed E-state index contributed by atoms with van der Waals surface area (Å²) in [7, 11) is 0. The van der Waals surface area contributed by atoms with Gasteiger partial charge < -0.3 is 5.32 Å². The van der Waals surface area contributed by atoms with Gasteiger partial charge in [-0.3, -0.25) is 0 Å². The van der Waals surface area contributed by atoms with Gasteiger partial charge >= 0.3 is 0 Å². The molecule has 10 heavy (non-hydrogen) atoms. The van der Waals surface area contributed by atoms with Crippen molar-refractivity contribution in [1.82, 2.24) is 5.32 Å². The van der Waals surface area contributed by atoms with Crippen molar-refractivity contribution >= 4 is 0 Å². The average Bonchev–Trinajstić information content (AvgIpc) is 1.94. The van der Waals surface area contributed by atoms with Crippen LogP contribution in [-0.4, -0.2) is 12.6 Å². The third kappa shape index (κ3) is 1.98. The first kappa shape index (κ1) is 8.06. The van der Waals surface area contributed by atoms with Gasteiger partial charge in [0.2, 0.25) is 0 Å². The van der Waals surface area contributed by atoms with Crippen molar-refractivity contribution in [1.29, 1.82) is 0 Å². The lowest BCUT2D eigenvalue weighted by atomic mass is 9.90. The summed E-state index contributed by atoms with van der Waals surface area (Å²) in [6.45, 7) is 5.88. The Bertz CT molecular complexity index is 88.7. The highest BCUT2D eigenvalue weighted by Crippen LogP contribution is 2.18. The van der Waals surface area contributed by atoms with Crippen LogP contribution in [0.5, 0.6) is 0 Å². The molecule has 1 aliphatic heterocycles. The van der Waals surface area contributed by atoms with Gasteiger partial charge in [0.15, 0.2) is 0 Å². The zero-order chi connectivity index (χ0) is 7.40. The van der Waals surface area contributed by atoms with E-state index in [9.17, 15) is 0 Å². The van der Waals surface area contributed by atoms with E-state index in [1.54, 1.807) is 0 Å². The fourth-order valence-electron chi connectivity index (χ4n) is 1.81. The van der Waals surface area contributed by atoms with E-state index < -0.39 is 0 Å². The van der Waals surface area contributed by atoms with Crippen LogP contribution in [0.1, 0.15) is 39.5 Å². The Labute approximate surface area is 64.2 Å². The molecule has 1 heterocycles. The van der Waals surface area contributed by atoms with Crippen LogP contribution in [-0.2, 0) is 0 Å². The molecule has 0 aromatic rings. The lowest BCUT2D eigenvalue weighted by Gasteiger charge is -2.29. The van der Waals surface area contributed by atoms with Crippen LogP contribution in [0.15, 0.2) is 0 Å². The second-order valence-corrected chi connectivity index (χ2v) is 3.47.